The van der Waals surface area contributed by atoms with Crippen molar-refractivity contribution in [1.29, 1.82) is 0 Å². The molecule has 0 spiro atoms. The molecule has 0 saturated carbocycles. The zero-order chi connectivity index (χ0) is 16.3. The number of nitro benzene ring substituents is 1. The molecule has 8 heteroatoms. The minimum Gasteiger partial charge on any atom is -0.266 e. The molecule has 2 aromatic rings. The second-order valence-corrected chi connectivity index (χ2v) is 7.18. The van der Waals surface area contributed by atoms with Crippen molar-refractivity contribution in [1.82, 2.24) is 0 Å². The lowest BCUT2D eigenvalue weighted by Gasteiger charge is -2.22. The third kappa shape index (κ3) is 3.28. The van der Waals surface area contributed by atoms with Crippen LogP contribution in [-0.2, 0) is 10.0 Å². The Morgan fingerprint density at radius 3 is 2.36 bits per heavy atom. The molecule has 0 aliphatic heterocycles. The second kappa shape index (κ2) is 6.45. The Balaban J connectivity index is 2.49. The molecule has 6 nitrogen and oxygen atoms in total. The van der Waals surface area contributed by atoms with Crippen LogP contribution in [0.3, 0.4) is 0 Å². The summed E-state index contributed by atoms with van der Waals surface area (Å²) >= 11 is 3.25. The highest BCUT2D eigenvalue weighted by atomic mass is 79.9. The van der Waals surface area contributed by atoms with Crippen LogP contribution in [0.2, 0.25) is 0 Å². The van der Waals surface area contributed by atoms with Gasteiger partial charge in [-0.15, -0.1) is 0 Å². The SMILES string of the molecule is CCN(c1cccc([N+](=O)[O-])c1)S(=O)(=O)c1ccc(Br)cc1. The molecule has 0 aliphatic carbocycles. The predicted molar refractivity (Wildman–Crippen MR) is 87.4 cm³/mol. The molecule has 0 radical (unpaired) electrons. The molecule has 0 N–H and O–H groups in total. The van der Waals surface area contributed by atoms with Crippen molar-refractivity contribution in [3.63, 3.8) is 0 Å². The summed E-state index contributed by atoms with van der Waals surface area (Å²) in [5.74, 6) is 0. The number of halogens is 1. The molecule has 0 aliphatic rings. The summed E-state index contributed by atoms with van der Waals surface area (Å²) in [4.78, 5) is 10.4. The van der Waals surface area contributed by atoms with Crippen LogP contribution in [-0.4, -0.2) is 19.9 Å². The van der Waals surface area contributed by atoms with E-state index in [0.717, 1.165) is 8.78 Å². The maximum atomic E-state index is 12.7. The quantitative estimate of drug-likeness (QED) is 0.582. The molecule has 2 rings (SSSR count). The largest absolute Gasteiger partial charge is 0.271 e. The van der Waals surface area contributed by atoms with Crippen molar-refractivity contribution >= 4 is 37.3 Å². The Hall–Kier alpha value is -1.93. The summed E-state index contributed by atoms with van der Waals surface area (Å²) in [5.41, 5.74) is 0.113. The van der Waals surface area contributed by atoms with Gasteiger partial charge in [-0.25, -0.2) is 8.42 Å². The Labute approximate surface area is 136 Å². The number of sulfonamides is 1. The fourth-order valence-electron chi connectivity index (χ4n) is 1.99. The van der Waals surface area contributed by atoms with Crippen LogP contribution >= 0.6 is 15.9 Å². The molecule has 0 bridgehead atoms. The van der Waals surface area contributed by atoms with E-state index in [9.17, 15) is 18.5 Å². The van der Waals surface area contributed by atoms with E-state index in [2.05, 4.69) is 15.9 Å². The highest BCUT2D eigenvalue weighted by molar-refractivity contribution is 9.10. The Morgan fingerprint density at radius 1 is 1.18 bits per heavy atom. The lowest BCUT2D eigenvalue weighted by atomic mass is 10.3. The van der Waals surface area contributed by atoms with Gasteiger partial charge >= 0.3 is 0 Å². The average Bonchev–Trinajstić information content (AvgIpc) is 2.48. The van der Waals surface area contributed by atoms with Crippen molar-refractivity contribution < 1.29 is 13.3 Å². The summed E-state index contributed by atoms with van der Waals surface area (Å²) in [6.45, 7) is 1.84. The number of non-ortho nitro benzene ring substituents is 1. The first-order chi connectivity index (χ1) is 10.4. The van der Waals surface area contributed by atoms with E-state index in [1.807, 2.05) is 0 Å². The Morgan fingerprint density at radius 2 is 1.82 bits per heavy atom. The van der Waals surface area contributed by atoms with Gasteiger partial charge < -0.3 is 0 Å². The van der Waals surface area contributed by atoms with Crippen molar-refractivity contribution in [2.45, 2.75) is 11.8 Å². The highest BCUT2D eigenvalue weighted by Gasteiger charge is 2.24. The van der Waals surface area contributed by atoms with Crippen LogP contribution in [0.15, 0.2) is 57.9 Å². The molecule has 116 valence electrons. The zero-order valence-electron chi connectivity index (χ0n) is 11.6. The molecule has 0 amide bonds. The van der Waals surface area contributed by atoms with E-state index in [-0.39, 0.29) is 22.8 Å². The minimum atomic E-state index is -3.77. The van der Waals surface area contributed by atoms with Crippen molar-refractivity contribution in [3.8, 4) is 0 Å². The molecule has 0 fully saturated rings. The van der Waals surface area contributed by atoms with Crippen LogP contribution in [0, 0.1) is 10.1 Å². The van der Waals surface area contributed by atoms with Crippen LogP contribution in [0.1, 0.15) is 6.92 Å². The molecular formula is C14H13BrN2O4S. The van der Waals surface area contributed by atoms with Crippen LogP contribution < -0.4 is 4.31 Å². The van der Waals surface area contributed by atoms with Crippen molar-refractivity contribution in [3.05, 3.63) is 63.1 Å². The van der Waals surface area contributed by atoms with Gasteiger partial charge in [0.15, 0.2) is 0 Å². The zero-order valence-corrected chi connectivity index (χ0v) is 14.0. The molecule has 22 heavy (non-hydrogen) atoms. The summed E-state index contributed by atoms with van der Waals surface area (Å²) in [6.07, 6.45) is 0. The minimum absolute atomic E-state index is 0.129. The van der Waals surface area contributed by atoms with Gasteiger partial charge in [0.05, 0.1) is 15.5 Å². The highest BCUT2D eigenvalue weighted by Crippen LogP contribution is 2.27. The maximum Gasteiger partial charge on any atom is 0.271 e. The Kier molecular flexibility index (Phi) is 4.82. The summed E-state index contributed by atoms with van der Waals surface area (Å²) in [6, 6.07) is 11.8. The van der Waals surface area contributed by atoms with Crippen LogP contribution in [0.4, 0.5) is 11.4 Å². The van der Waals surface area contributed by atoms with Gasteiger partial charge in [0, 0.05) is 23.2 Å². The molecule has 0 aromatic heterocycles. The van der Waals surface area contributed by atoms with E-state index in [1.54, 1.807) is 19.1 Å². The number of hydrogen-bond donors (Lipinski definition) is 0. The fraction of sp³-hybridized carbons (Fsp3) is 0.143. The first kappa shape index (κ1) is 16.4. The fourth-order valence-corrected chi connectivity index (χ4v) is 3.72. The first-order valence-corrected chi connectivity index (χ1v) is 8.62. The monoisotopic (exact) mass is 384 g/mol. The lowest BCUT2D eigenvalue weighted by Crippen LogP contribution is -2.30. The predicted octanol–water partition coefficient (Wildman–Crippen LogP) is 3.57. The van der Waals surface area contributed by atoms with Gasteiger partial charge in [0.1, 0.15) is 0 Å². The third-order valence-electron chi connectivity index (χ3n) is 3.02. The van der Waals surface area contributed by atoms with E-state index >= 15 is 0 Å². The van der Waals surface area contributed by atoms with Gasteiger partial charge in [-0.05, 0) is 37.3 Å². The summed E-state index contributed by atoms with van der Waals surface area (Å²) < 4.78 is 27.3. The maximum absolute atomic E-state index is 12.7. The van der Waals surface area contributed by atoms with E-state index in [4.69, 9.17) is 0 Å². The number of nitrogens with zero attached hydrogens (tertiary/aromatic N) is 2. The second-order valence-electron chi connectivity index (χ2n) is 4.40. The van der Waals surface area contributed by atoms with Gasteiger partial charge in [-0.2, -0.15) is 0 Å². The van der Waals surface area contributed by atoms with Gasteiger partial charge in [-0.3, -0.25) is 14.4 Å². The molecule has 0 heterocycles. The van der Waals surface area contributed by atoms with Gasteiger partial charge in [0.25, 0.3) is 15.7 Å². The van der Waals surface area contributed by atoms with Crippen molar-refractivity contribution in [2.75, 3.05) is 10.8 Å². The third-order valence-corrected chi connectivity index (χ3v) is 5.46. The number of nitro groups is 1. The van der Waals surface area contributed by atoms with E-state index < -0.39 is 14.9 Å². The number of rotatable bonds is 5. The topological polar surface area (TPSA) is 80.5 Å². The first-order valence-electron chi connectivity index (χ1n) is 6.39. The molecule has 0 saturated heterocycles. The molecule has 2 aromatic carbocycles. The van der Waals surface area contributed by atoms with E-state index in [1.165, 1.54) is 36.4 Å². The lowest BCUT2D eigenvalue weighted by molar-refractivity contribution is -0.384. The van der Waals surface area contributed by atoms with Crippen LogP contribution in [0.5, 0.6) is 0 Å². The van der Waals surface area contributed by atoms with Gasteiger partial charge in [-0.1, -0.05) is 22.0 Å². The number of hydrogen-bond acceptors (Lipinski definition) is 4. The van der Waals surface area contributed by atoms with Crippen molar-refractivity contribution in [2.24, 2.45) is 0 Å². The molecular weight excluding hydrogens is 372 g/mol. The number of benzene rings is 2. The molecule has 0 unspecified atom stereocenters. The van der Waals surface area contributed by atoms with E-state index in [0.29, 0.717) is 0 Å². The van der Waals surface area contributed by atoms with Gasteiger partial charge in [0.2, 0.25) is 0 Å². The smallest absolute Gasteiger partial charge is 0.266 e. The summed E-state index contributed by atoms with van der Waals surface area (Å²) in [7, 11) is -3.77. The molecule has 0 atom stereocenters. The van der Waals surface area contributed by atoms with Crippen LogP contribution in [0.25, 0.3) is 0 Å². The Bertz CT molecular complexity index is 791. The standard InChI is InChI=1S/C14H13BrN2O4S/c1-2-16(12-4-3-5-13(10-12)17(18)19)22(20,21)14-8-6-11(15)7-9-14/h3-10H,2H2,1H3. The summed E-state index contributed by atoms with van der Waals surface area (Å²) in [5, 5.41) is 10.9. The average molecular weight is 385 g/mol. The number of anilines is 1. The normalized spacial score (nSPS) is 11.2.